The van der Waals surface area contributed by atoms with E-state index in [9.17, 15) is 9.59 Å². The number of ether oxygens (including phenoxy) is 4. The largest absolute Gasteiger partial charge is 0.464 e. The van der Waals surface area contributed by atoms with Crippen molar-refractivity contribution >= 4 is 11.8 Å². The summed E-state index contributed by atoms with van der Waals surface area (Å²) < 4.78 is 20.9. The average molecular weight is 373 g/mol. The second kappa shape index (κ2) is 8.63. The Kier molecular flexibility index (Phi) is 6.02. The van der Waals surface area contributed by atoms with Gasteiger partial charge in [-0.2, -0.15) is 0 Å². The zero-order chi connectivity index (χ0) is 19.2. The van der Waals surface area contributed by atoms with E-state index >= 15 is 0 Å². The molecular formula is C19H19NO7. The monoisotopic (exact) mass is 373 g/mol. The van der Waals surface area contributed by atoms with Gasteiger partial charge in [0, 0.05) is 19.8 Å². The van der Waals surface area contributed by atoms with Gasteiger partial charge in [-0.3, -0.25) is 14.4 Å². The van der Waals surface area contributed by atoms with Gasteiger partial charge in [0.15, 0.2) is 25.1 Å². The highest BCUT2D eigenvalue weighted by Crippen LogP contribution is 2.33. The summed E-state index contributed by atoms with van der Waals surface area (Å²) in [5.74, 6) is -0.186. The highest BCUT2D eigenvalue weighted by atomic mass is 16.7. The van der Waals surface area contributed by atoms with Crippen LogP contribution in [0.5, 0.6) is 11.5 Å². The third kappa shape index (κ3) is 3.92. The van der Waals surface area contributed by atoms with Gasteiger partial charge in [-0.25, -0.2) is 0 Å². The van der Waals surface area contributed by atoms with Crippen LogP contribution in [0.3, 0.4) is 0 Å². The van der Waals surface area contributed by atoms with Gasteiger partial charge in [0.2, 0.25) is 0 Å². The molecule has 0 spiro atoms. The fraction of sp³-hybridized carbons (Fsp3) is 0.263. The molecule has 0 radical (unpaired) electrons. The summed E-state index contributed by atoms with van der Waals surface area (Å²) in [5.41, 5.74) is 1.21. The molecule has 3 rings (SSSR count). The summed E-state index contributed by atoms with van der Waals surface area (Å²) in [5, 5.41) is 0.757. The van der Waals surface area contributed by atoms with Crippen molar-refractivity contribution in [2.75, 3.05) is 27.8 Å². The van der Waals surface area contributed by atoms with E-state index in [0.29, 0.717) is 28.2 Å². The van der Waals surface area contributed by atoms with Gasteiger partial charge < -0.3 is 18.9 Å². The van der Waals surface area contributed by atoms with Crippen molar-refractivity contribution < 1.29 is 33.4 Å². The number of fused-ring (bicyclic) bond motifs is 1. The van der Waals surface area contributed by atoms with Crippen LogP contribution in [0.15, 0.2) is 42.5 Å². The van der Waals surface area contributed by atoms with Gasteiger partial charge in [0.1, 0.15) is 6.61 Å². The molecule has 2 aromatic carbocycles. The molecule has 0 saturated heterocycles. The van der Waals surface area contributed by atoms with Crippen molar-refractivity contribution in [1.29, 1.82) is 0 Å². The van der Waals surface area contributed by atoms with E-state index in [-0.39, 0.29) is 20.2 Å². The van der Waals surface area contributed by atoms with E-state index in [2.05, 4.69) is 0 Å². The Labute approximate surface area is 156 Å². The van der Waals surface area contributed by atoms with Crippen molar-refractivity contribution in [3.05, 3.63) is 59.2 Å². The Balaban J connectivity index is 1.78. The van der Waals surface area contributed by atoms with E-state index in [1.165, 1.54) is 14.2 Å². The van der Waals surface area contributed by atoms with Gasteiger partial charge in [-0.15, -0.1) is 5.06 Å². The predicted molar refractivity (Wildman–Crippen MR) is 93.2 cm³/mol. The summed E-state index contributed by atoms with van der Waals surface area (Å²) in [6.07, 6.45) is 0. The second-order valence-electron chi connectivity index (χ2n) is 5.57. The predicted octanol–water partition coefficient (Wildman–Crippen LogP) is 2.38. The molecule has 0 unspecified atom stereocenters. The molecule has 8 nitrogen and oxygen atoms in total. The Morgan fingerprint density at radius 2 is 1.44 bits per heavy atom. The van der Waals surface area contributed by atoms with Crippen LogP contribution in [-0.4, -0.2) is 44.7 Å². The number of carbonyl (C=O) groups excluding carboxylic acids is 2. The Hall–Kier alpha value is -2.94. The molecular weight excluding hydrogens is 354 g/mol. The molecule has 0 atom stereocenters. The maximum Gasteiger partial charge on any atom is 0.285 e. The zero-order valence-corrected chi connectivity index (χ0v) is 15.0. The van der Waals surface area contributed by atoms with E-state index in [1.807, 2.05) is 0 Å². The zero-order valence-electron chi connectivity index (χ0n) is 15.0. The van der Waals surface area contributed by atoms with Crippen LogP contribution in [0, 0.1) is 0 Å². The van der Waals surface area contributed by atoms with Crippen molar-refractivity contribution in [3.8, 4) is 11.5 Å². The molecule has 1 aliphatic heterocycles. The number of nitrogens with zero attached hydrogens (tertiary/aromatic N) is 1. The van der Waals surface area contributed by atoms with Gasteiger partial charge >= 0.3 is 0 Å². The number of para-hydroxylation sites is 1. The number of rotatable bonds is 9. The minimum atomic E-state index is -0.498. The molecule has 0 aliphatic carbocycles. The van der Waals surface area contributed by atoms with Gasteiger partial charge in [0.05, 0.1) is 11.1 Å². The van der Waals surface area contributed by atoms with Crippen LogP contribution in [0.2, 0.25) is 0 Å². The first-order chi connectivity index (χ1) is 13.2. The highest BCUT2D eigenvalue weighted by molar-refractivity contribution is 6.20. The molecule has 0 fully saturated rings. The van der Waals surface area contributed by atoms with E-state index in [1.54, 1.807) is 42.5 Å². The summed E-state index contributed by atoms with van der Waals surface area (Å²) in [7, 11) is 3.00. The van der Waals surface area contributed by atoms with Crippen molar-refractivity contribution in [3.63, 3.8) is 0 Å². The number of hydrogen-bond donors (Lipinski definition) is 0. The minimum absolute atomic E-state index is 0.00658. The third-order valence-electron chi connectivity index (χ3n) is 3.82. The van der Waals surface area contributed by atoms with Crippen LogP contribution in [-0.2, 0) is 20.9 Å². The second-order valence-corrected chi connectivity index (χ2v) is 5.57. The standard InChI is InChI=1S/C19H19NO7/c1-23-11-25-16-9-5-6-13(17(16)26-12-24-2)10-27-20-18(21)14-7-3-4-8-15(14)19(20)22/h3-9H,10-12H2,1-2H3. The molecule has 27 heavy (non-hydrogen) atoms. The number of imide groups is 1. The molecule has 0 aromatic heterocycles. The Morgan fingerprint density at radius 3 is 2.07 bits per heavy atom. The fourth-order valence-corrected chi connectivity index (χ4v) is 2.61. The summed E-state index contributed by atoms with van der Waals surface area (Å²) in [4.78, 5) is 30.3. The molecule has 2 aromatic rings. The van der Waals surface area contributed by atoms with E-state index in [0.717, 1.165) is 5.06 Å². The molecule has 2 amide bonds. The molecule has 1 heterocycles. The summed E-state index contributed by atoms with van der Waals surface area (Å²) in [6, 6.07) is 11.8. The molecule has 0 bridgehead atoms. The lowest BCUT2D eigenvalue weighted by molar-refractivity contribution is -0.101. The minimum Gasteiger partial charge on any atom is -0.464 e. The molecule has 1 aliphatic rings. The Bertz CT molecular complexity index is 802. The summed E-state index contributed by atoms with van der Waals surface area (Å²) >= 11 is 0. The number of benzene rings is 2. The molecule has 8 heteroatoms. The topological polar surface area (TPSA) is 83.5 Å². The lowest BCUT2D eigenvalue weighted by atomic mass is 10.1. The fourth-order valence-electron chi connectivity index (χ4n) is 2.61. The van der Waals surface area contributed by atoms with Crippen molar-refractivity contribution in [1.82, 2.24) is 5.06 Å². The summed E-state index contributed by atoms with van der Waals surface area (Å²) in [6.45, 7) is -0.0475. The smallest absolute Gasteiger partial charge is 0.285 e. The Morgan fingerprint density at radius 1 is 0.815 bits per heavy atom. The third-order valence-corrected chi connectivity index (χ3v) is 3.82. The molecule has 0 N–H and O–H groups in total. The number of hydroxylamine groups is 2. The number of hydrogen-bond acceptors (Lipinski definition) is 7. The van der Waals surface area contributed by atoms with Gasteiger partial charge in [-0.1, -0.05) is 24.3 Å². The SMILES string of the molecule is COCOc1cccc(CON2C(=O)c3ccccc3C2=O)c1OCOC. The first kappa shape index (κ1) is 18.8. The first-order valence-electron chi connectivity index (χ1n) is 8.13. The van der Waals surface area contributed by atoms with Crippen molar-refractivity contribution in [2.45, 2.75) is 6.61 Å². The first-order valence-corrected chi connectivity index (χ1v) is 8.13. The van der Waals surface area contributed by atoms with Gasteiger partial charge in [-0.05, 0) is 18.2 Å². The normalized spacial score (nSPS) is 13.0. The lowest BCUT2D eigenvalue weighted by Crippen LogP contribution is -2.29. The van der Waals surface area contributed by atoms with Crippen molar-refractivity contribution in [2.24, 2.45) is 0 Å². The maximum absolute atomic E-state index is 12.4. The van der Waals surface area contributed by atoms with Crippen LogP contribution in [0.1, 0.15) is 26.3 Å². The number of carbonyl (C=O) groups is 2. The maximum atomic E-state index is 12.4. The lowest BCUT2D eigenvalue weighted by Gasteiger charge is -2.18. The van der Waals surface area contributed by atoms with Crippen LogP contribution >= 0.6 is 0 Å². The quantitative estimate of drug-likeness (QED) is 0.493. The average Bonchev–Trinajstić information content (AvgIpc) is 2.94. The molecule has 0 saturated carbocycles. The number of methoxy groups -OCH3 is 2. The number of amides is 2. The highest BCUT2D eigenvalue weighted by Gasteiger charge is 2.36. The molecule has 142 valence electrons. The van der Waals surface area contributed by atoms with Crippen LogP contribution < -0.4 is 9.47 Å². The van der Waals surface area contributed by atoms with E-state index < -0.39 is 11.8 Å². The van der Waals surface area contributed by atoms with Gasteiger partial charge in [0.25, 0.3) is 11.8 Å². The van der Waals surface area contributed by atoms with Crippen LogP contribution in [0.25, 0.3) is 0 Å². The van der Waals surface area contributed by atoms with Crippen LogP contribution in [0.4, 0.5) is 0 Å². The van der Waals surface area contributed by atoms with E-state index in [4.69, 9.17) is 23.8 Å².